The van der Waals surface area contributed by atoms with Crippen molar-refractivity contribution in [1.82, 2.24) is 9.97 Å². The number of aromatic amines is 1. The second-order valence-electron chi connectivity index (χ2n) is 2.77. The maximum Gasteiger partial charge on any atom is 0.252 e. The van der Waals surface area contributed by atoms with E-state index < -0.39 is 29.7 Å². The molecule has 2 N–H and O–H groups in total. The van der Waals surface area contributed by atoms with Crippen molar-refractivity contribution in [3.05, 3.63) is 52.4 Å². The van der Waals surface area contributed by atoms with Crippen molar-refractivity contribution in [2.45, 2.75) is 0 Å². The van der Waals surface area contributed by atoms with Crippen LogP contribution in [0.1, 0.15) is 11.0 Å². The van der Waals surface area contributed by atoms with E-state index in [1.807, 2.05) is 0 Å². The highest BCUT2D eigenvalue weighted by Crippen LogP contribution is 2.12. The van der Waals surface area contributed by atoms with E-state index >= 15 is 0 Å². The van der Waals surface area contributed by atoms with E-state index in [1.165, 1.54) is 12.3 Å². The molecule has 0 aliphatic rings. The lowest BCUT2D eigenvalue weighted by molar-refractivity contribution is 1.12. The summed E-state index contributed by atoms with van der Waals surface area (Å²) >= 11 is 0. The molecule has 78 valence electrons. The highest BCUT2D eigenvalue weighted by Gasteiger charge is 1.96. The number of hydrogen-bond donors (Lipinski definition) is 2. The maximum atomic E-state index is 11.1. The van der Waals surface area contributed by atoms with Crippen molar-refractivity contribution in [2.75, 3.05) is 5.32 Å². The molecule has 0 aliphatic carbocycles. The molecule has 0 saturated heterocycles. The van der Waals surface area contributed by atoms with Crippen LogP contribution in [0.5, 0.6) is 0 Å². The van der Waals surface area contributed by atoms with Crippen LogP contribution in [0, 0.1) is 11.3 Å². The van der Waals surface area contributed by atoms with Crippen LogP contribution in [0.25, 0.3) is 0 Å². The van der Waals surface area contributed by atoms with E-state index in [0.717, 1.165) is 0 Å². The molecule has 0 bridgehead atoms. The van der Waals surface area contributed by atoms with Gasteiger partial charge in [0.1, 0.15) is 0 Å². The normalized spacial score (nSPS) is 12.9. The number of H-pyrrole nitrogens is 1. The molecule has 0 radical (unpaired) electrons. The Bertz CT molecular complexity index is 752. The van der Waals surface area contributed by atoms with E-state index in [9.17, 15) is 4.79 Å². The molecule has 2 aromatic rings. The fraction of sp³-hybridized carbons (Fsp3) is 0. The number of nitrogens with zero attached hydrogens (tertiary/aromatic N) is 2. The quantitative estimate of drug-likeness (QED) is 0.794. The summed E-state index contributed by atoms with van der Waals surface area (Å²) < 4.78 is 30.8. The van der Waals surface area contributed by atoms with Crippen LogP contribution in [0.2, 0.25) is 0 Å². The van der Waals surface area contributed by atoms with Gasteiger partial charge in [0.05, 0.1) is 17.1 Å². The van der Waals surface area contributed by atoms with Crippen molar-refractivity contribution in [2.24, 2.45) is 0 Å². The van der Waals surface area contributed by atoms with Crippen LogP contribution in [0.15, 0.2) is 41.2 Å². The van der Waals surface area contributed by atoms with Gasteiger partial charge in [0.15, 0.2) is 0 Å². The van der Waals surface area contributed by atoms with Gasteiger partial charge in [0.25, 0.3) is 5.56 Å². The van der Waals surface area contributed by atoms with E-state index in [-0.39, 0.29) is 17.2 Å². The highest BCUT2D eigenvalue weighted by atomic mass is 16.1. The van der Waals surface area contributed by atoms with Crippen LogP contribution in [0.4, 0.5) is 11.6 Å². The Morgan fingerprint density at radius 3 is 2.81 bits per heavy atom. The van der Waals surface area contributed by atoms with Crippen molar-refractivity contribution in [3.63, 3.8) is 0 Å². The van der Waals surface area contributed by atoms with Gasteiger partial charge in [-0.1, -0.05) is 0 Å². The molecule has 0 amide bonds. The summed E-state index contributed by atoms with van der Waals surface area (Å²) in [7, 11) is 0. The molecule has 0 unspecified atom stereocenters. The fourth-order valence-electron chi connectivity index (χ4n) is 0.983. The molecule has 2 rings (SSSR count). The topological polar surface area (TPSA) is 81.6 Å². The Morgan fingerprint density at radius 1 is 1.44 bits per heavy atom. The number of nitrogens with one attached hydrogen (secondary N) is 2. The first-order valence-corrected chi connectivity index (χ1v) is 4.28. The van der Waals surface area contributed by atoms with Crippen LogP contribution < -0.4 is 10.9 Å². The van der Waals surface area contributed by atoms with Gasteiger partial charge in [-0.3, -0.25) is 9.78 Å². The Kier molecular flexibility index (Phi) is 1.62. The van der Waals surface area contributed by atoms with Crippen LogP contribution in [-0.4, -0.2) is 9.97 Å². The third kappa shape index (κ3) is 2.25. The molecule has 0 spiro atoms. The van der Waals surface area contributed by atoms with Gasteiger partial charge < -0.3 is 5.32 Å². The third-order valence-electron chi connectivity index (χ3n) is 1.65. The monoisotopic (exact) mass is 216 g/mol. The Morgan fingerprint density at radius 2 is 2.19 bits per heavy atom. The molecular formula is C11H8N4O. The largest absolute Gasteiger partial charge is 0.326 e. The zero-order valence-corrected chi connectivity index (χ0v) is 7.96. The molecule has 16 heavy (non-hydrogen) atoms. The van der Waals surface area contributed by atoms with Gasteiger partial charge >= 0.3 is 0 Å². The average molecular weight is 216 g/mol. The standard InChI is InChI=1S/C11H8N4O/c12-7-8-1-3-9(4-2-8)14-11-13-6-5-10(16)15-11/h1-6H,(H2,13,14,15,16)/i1D,2D,3D,4D. The molecule has 0 atom stereocenters. The second kappa shape index (κ2) is 4.28. The Balaban J connectivity index is 2.59. The van der Waals surface area contributed by atoms with Gasteiger partial charge in [-0.05, 0) is 24.2 Å². The first-order chi connectivity index (χ1) is 9.45. The minimum Gasteiger partial charge on any atom is -0.326 e. The van der Waals surface area contributed by atoms with Gasteiger partial charge in [0.2, 0.25) is 5.95 Å². The van der Waals surface area contributed by atoms with Crippen LogP contribution in [-0.2, 0) is 0 Å². The summed E-state index contributed by atoms with van der Waals surface area (Å²) in [6.45, 7) is 0. The maximum absolute atomic E-state index is 11.1. The predicted octanol–water partition coefficient (Wildman–Crippen LogP) is 1.39. The van der Waals surface area contributed by atoms with E-state index in [4.69, 9.17) is 10.7 Å². The van der Waals surface area contributed by atoms with Crippen LogP contribution in [0.3, 0.4) is 0 Å². The summed E-state index contributed by atoms with van der Waals surface area (Å²) in [6, 6.07) is 1.11. The van der Waals surface area contributed by atoms with Crippen LogP contribution >= 0.6 is 0 Å². The van der Waals surface area contributed by atoms with Gasteiger partial charge in [-0.15, -0.1) is 0 Å². The summed E-state index contributed by atoms with van der Waals surface area (Å²) in [6.07, 6.45) is 1.24. The van der Waals surface area contributed by atoms with Crippen molar-refractivity contribution in [1.29, 1.82) is 5.26 Å². The van der Waals surface area contributed by atoms with Crippen molar-refractivity contribution < 1.29 is 5.48 Å². The number of anilines is 2. The van der Waals surface area contributed by atoms with Gasteiger partial charge in [-0.2, -0.15) is 5.26 Å². The molecule has 0 saturated carbocycles. The summed E-state index contributed by atoms with van der Waals surface area (Å²) in [5.74, 6) is -0.0111. The zero-order chi connectivity index (χ0) is 14.9. The zero-order valence-electron chi connectivity index (χ0n) is 12.0. The average Bonchev–Trinajstić information content (AvgIpc) is 2.42. The summed E-state index contributed by atoms with van der Waals surface area (Å²) in [5.41, 5.74) is -0.917. The van der Waals surface area contributed by atoms with Crippen molar-refractivity contribution in [3.8, 4) is 6.07 Å². The lowest BCUT2D eigenvalue weighted by atomic mass is 10.2. The minimum absolute atomic E-state index is 0.0111. The summed E-state index contributed by atoms with van der Waals surface area (Å²) in [5, 5.41) is 11.4. The smallest absolute Gasteiger partial charge is 0.252 e. The Labute approximate surface area is 97.0 Å². The minimum atomic E-state index is -0.450. The summed E-state index contributed by atoms with van der Waals surface area (Å²) in [4.78, 5) is 17.3. The first kappa shape index (κ1) is 6.08. The molecule has 1 heterocycles. The molecule has 1 aromatic heterocycles. The molecule has 1 aromatic carbocycles. The third-order valence-corrected chi connectivity index (χ3v) is 1.65. The van der Waals surface area contributed by atoms with Gasteiger partial charge in [-0.25, -0.2) is 4.98 Å². The highest BCUT2D eigenvalue weighted by molar-refractivity contribution is 5.54. The number of nitriles is 1. The van der Waals surface area contributed by atoms with E-state index in [0.29, 0.717) is 0 Å². The van der Waals surface area contributed by atoms with Crippen molar-refractivity contribution >= 4 is 11.6 Å². The predicted molar refractivity (Wildman–Crippen MR) is 59.3 cm³/mol. The van der Waals surface area contributed by atoms with E-state index in [2.05, 4.69) is 15.3 Å². The number of aromatic nitrogens is 2. The lowest BCUT2D eigenvalue weighted by Gasteiger charge is -2.03. The lowest BCUT2D eigenvalue weighted by Crippen LogP contribution is -2.08. The molecular weight excluding hydrogens is 204 g/mol. The molecule has 5 nitrogen and oxygen atoms in total. The fourth-order valence-corrected chi connectivity index (χ4v) is 0.983. The number of rotatable bonds is 2. The second-order valence-corrected chi connectivity index (χ2v) is 2.77. The SMILES string of the molecule is [2H]c1c([2H])c(Nc2nccc(=O)[nH]2)c([2H])c([2H])c1C#N. The molecule has 0 fully saturated rings. The molecule has 5 heteroatoms. The van der Waals surface area contributed by atoms with E-state index in [1.54, 1.807) is 6.07 Å². The first-order valence-electron chi connectivity index (χ1n) is 6.28. The van der Waals surface area contributed by atoms with Gasteiger partial charge in [0, 0.05) is 18.0 Å². The number of hydrogen-bond acceptors (Lipinski definition) is 4. The molecule has 0 aliphatic heterocycles. The Hall–Kier alpha value is -2.61. The number of benzene rings is 1.